The number of barbiturate groups is 1. The maximum absolute atomic E-state index is 13.1. The van der Waals surface area contributed by atoms with Crippen LogP contribution in [-0.2, 0) is 22.6 Å². The number of nitrogens with one attached hydrogen (secondary N) is 1. The van der Waals surface area contributed by atoms with Crippen LogP contribution in [0.4, 0.5) is 16.2 Å². The van der Waals surface area contributed by atoms with Crippen molar-refractivity contribution in [1.82, 2.24) is 5.32 Å². The number of amides is 4. The molecule has 2 aliphatic heterocycles. The van der Waals surface area contributed by atoms with Crippen molar-refractivity contribution in [3.05, 3.63) is 98.5 Å². The average Bonchev–Trinajstić information content (AvgIpc) is 3.21. The number of rotatable bonds is 4. The molecule has 3 aromatic rings. The lowest BCUT2D eigenvalue weighted by Crippen LogP contribution is -2.54. The summed E-state index contributed by atoms with van der Waals surface area (Å²) in [6, 6.07) is 19.6. The van der Waals surface area contributed by atoms with Gasteiger partial charge in [0.1, 0.15) is 5.57 Å². The third kappa shape index (κ3) is 4.24. The van der Waals surface area contributed by atoms with Gasteiger partial charge < -0.3 is 4.90 Å². The minimum Gasteiger partial charge on any atom is -0.367 e. The molecular weight excluding hydrogens is 518 g/mol. The largest absolute Gasteiger partial charge is 0.367 e. The Hall–Kier alpha value is -3.42. The molecule has 6 nitrogen and oxygen atoms in total. The highest BCUT2D eigenvalue weighted by Gasteiger charge is 2.36. The van der Waals surface area contributed by atoms with E-state index in [0.717, 1.165) is 49.7 Å². The summed E-state index contributed by atoms with van der Waals surface area (Å²) >= 11 is 9.67. The molecule has 3 aromatic carbocycles. The van der Waals surface area contributed by atoms with Crippen LogP contribution >= 0.6 is 27.5 Å². The highest BCUT2D eigenvalue weighted by Crippen LogP contribution is 2.32. The van der Waals surface area contributed by atoms with Crippen LogP contribution < -0.4 is 15.1 Å². The Morgan fingerprint density at radius 3 is 2.53 bits per heavy atom. The minimum absolute atomic E-state index is 0.0895. The third-order valence-corrected chi connectivity index (χ3v) is 6.81. The first-order valence-corrected chi connectivity index (χ1v) is 11.9. The first kappa shape index (κ1) is 22.4. The van der Waals surface area contributed by atoms with Crippen molar-refractivity contribution in [2.45, 2.75) is 13.0 Å². The topological polar surface area (TPSA) is 69.7 Å². The molecule has 0 spiro atoms. The molecule has 0 unspecified atom stereocenters. The van der Waals surface area contributed by atoms with Crippen LogP contribution in [0.3, 0.4) is 0 Å². The number of anilines is 2. The summed E-state index contributed by atoms with van der Waals surface area (Å²) in [5.74, 6) is -1.36. The van der Waals surface area contributed by atoms with Crippen molar-refractivity contribution in [2.75, 3.05) is 16.3 Å². The second-order valence-corrected chi connectivity index (χ2v) is 9.41. The van der Waals surface area contributed by atoms with Gasteiger partial charge in [-0.1, -0.05) is 51.8 Å². The monoisotopic (exact) mass is 535 g/mol. The molecule has 0 radical (unpaired) electrons. The standard InChI is InChI=1S/C26H19BrClN3O3/c27-19-6-8-20(9-7-19)31-25(33)21(24(32)29-26(31)34)14-16-5-10-23-17(13-16)11-12-30(23)15-18-3-1-2-4-22(18)28/h1-10,13-14H,11-12,15H2,(H,29,32,34)/b21-14+. The molecule has 1 fully saturated rings. The number of fused-ring (bicyclic) bond motifs is 1. The van der Waals surface area contributed by atoms with E-state index in [1.165, 1.54) is 6.08 Å². The van der Waals surface area contributed by atoms with Crippen molar-refractivity contribution in [2.24, 2.45) is 0 Å². The molecule has 1 saturated heterocycles. The molecular formula is C26H19BrClN3O3. The lowest BCUT2D eigenvalue weighted by Gasteiger charge is -2.26. The summed E-state index contributed by atoms with van der Waals surface area (Å²) in [6.07, 6.45) is 2.38. The lowest BCUT2D eigenvalue weighted by atomic mass is 10.0. The van der Waals surface area contributed by atoms with Gasteiger partial charge >= 0.3 is 6.03 Å². The lowest BCUT2D eigenvalue weighted by molar-refractivity contribution is -0.122. The van der Waals surface area contributed by atoms with Crippen molar-refractivity contribution in [3.8, 4) is 0 Å². The third-order valence-electron chi connectivity index (χ3n) is 5.91. The molecule has 5 rings (SSSR count). The van der Waals surface area contributed by atoms with Gasteiger partial charge in [-0.15, -0.1) is 0 Å². The summed E-state index contributed by atoms with van der Waals surface area (Å²) in [4.78, 5) is 41.2. The van der Waals surface area contributed by atoms with Crippen molar-refractivity contribution in [1.29, 1.82) is 0 Å². The van der Waals surface area contributed by atoms with Gasteiger partial charge in [-0.05, 0) is 71.7 Å². The average molecular weight is 537 g/mol. The van der Waals surface area contributed by atoms with Crippen LogP contribution in [0.25, 0.3) is 6.08 Å². The van der Waals surface area contributed by atoms with E-state index in [4.69, 9.17) is 11.6 Å². The van der Waals surface area contributed by atoms with Crippen molar-refractivity contribution >= 4 is 62.8 Å². The second kappa shape index (κ2) is 9.08. The SMILES string of the molecule is O=C1NC(=O)N(c2ccc(Br)cc2)C(=O)/C1=C/c1ccc2c(c1)CCN2Cc1ccccc1Cl. The van der Waals surface area contributed by atoms with Gasteiger partial charge in [-0.2, -0.15) is 0 Å². The van der Waals surface area contributed by atoms with Gasteiger partial charge in [0.2, 0.25) is 0 Å². The first-order chi connectivity index (χ1) is 16.4. The Bertz CT molecular complexity index is 1350. The Kier molecular flexibility index (Phi) is 5.98. The van der Waals surface area contributed by atoms with Crippen molar-refractivity contribution in [3.63, 3.8) is 0 Å². The molecule has 34 heavy (non-hydrogen) atoms. The van der Waals surface area contributed by atoms with Crippen LogP contribution in [0.1, 0.15) is 16.7 Å². The van der Waals surface area contributed by atoms with E-state index >= 15 is 0 Å². The molecule has 4 amide bonds. The Labute approximate surface area is 209 Å². The van der Waals surface area contributed by atoms with E-state index in [-0.39, 0.29) is 5.57 Å². The number of halogens is 2. The Morgan fingerprint density at radius 2 is 1.76 bits per heavy atom. The van der Waals surface area contributed by atoms with Gasteiger partial charge in [0.25, 0.3) is 11.8 Å². The van der Waals surface area contributed by atoms with E-state index in [9.17, 15) is 14.4 Å². The van der Waals surface area contributed by atoms with Crippen molar-refractivity contribution < 1.29 is 14.4 Å². The summed E-state index contributed by atoms with van der Waals surface area (Å²) in [5, 5.41) is 3.00. The van der Waals surface area contributed by atoms with E-state index in [1.54, 1.807) is 24.3 Å². The molecule has 2 heterocycles. The minimum atomic E-state index is -0.765. The van der Waals surface area contributed by atoms with E-state index in [1.807, 2.05) is 42.5 Å². The molecule has 0 bridgehead atoms. The maximum atomic E-state index is 13.1. The Balaban J connectivity index is 1.41. The molecule has 170 valence electrons. The number of carbonyl (C=O) groups is 3. The maximum Gasteiger partial charge on any atom is 0.335 e. The fraction of sp³-hybridized carbons (Fsp3) is 0.115. The quantitative estimate of drug-likeness (QED) is 0.361. The smallest absolute Gasteiger partial charge is 0.335 e. The van der Waals surface area contributed by atoms with E-state index < -0.39 is 17.8 Å². The van der Waals surface area contributed by atoms with Gasteiger partial charge in [-0.3, -0.25) is 14.9 Å². The number of benzene rings is 3. The molecule has 2 aliphatic rings. The zero-order valence-electron chi connectivity index (χ0n) is 17.9. The summed E-state index contributed by atoms with van der Waals surface area (Å²) < 4.78 is 0.815. The fourth-order valence-corrected chi connectivity index (χ4v) is 4.68. The number of hydrogen-bond acceptors (Lipinski definition) is 4. The van der Waals surface area contributed by atoms with Gasteiger partial charge in [-0.25, -0.2) is 9.69 Å². The number of urea groups is 1. The van der Waals surface area contributed by atoms with Crippen LogP contribution in [0.2, 0.25) is 5.02 Å². The van der Waals surface area contributed by atoms with Crippen LogP contribution in [0.5, 0.6) is 0 Å². The highest BCUT2D eigenvalue weighted by molar-refractivity contribution is 9.10. The summed E-state index contributed by atoms with van der Waals surface area (Å²) in [7, 11) is 0. The fourth-order valence-electron chi connectivity index (χ4n) is 4.23. The number of hydrogen-bond donors (Lipinski definition) is 1. The van der Waals surface area contributed by atoms with Crippen LogP contribution in [0, 0.1) is 0 Å². The predicted octanol–water partition coefficient (Wildman–Crippen LogP) is 5.33. The molecule has 8 heteroatoms. The molecule has 0 atom stereocenters. The van der Waals surface area contributed by atoms with Gasteiger partial charge in [0.05, 0.1) is 5.69 Å². The Morgan fingerprint density at radius 1 is 1.00 bits per heavy atom. The molecule has 0 aromatic heterocycles. The zero-order valence-corrected chi connectivity index (χ0v) is 20.3. The van der Waals surface area contributed by atoms with E-state index in [2.05, 4.69) is 26.1 Å². The molecule has 1 N–H and O–H groups in total. The van der Waals surface area contributed by atoms with Crippen LogP contribution in [0.15, 0.2) is 76.8 Å². The van der Waals surface area contributed by atoms with E-state index in [0.29, 0.717) is 12.2 Å². The van der Waals surface area contributed by atoms with Crippen LogP contribution in [-0.4, -0.2) is 24.4 Å². The number of imide groups is 2. The normalized spacial score (nSPS) is 16.8. The number of nitrogens with zero attached hydrogens (tertiary/aromatic N) is 2. The highest BCUT2D eigenvalue weighted by atomic mass is 79.9. The van der Waals surface area contributed by atoms with Gasteiger partial charge in [0.15, 0.2) is 0 Å². The zero-order chi connectivity index (χ0) is 23.8. The molecule has 0 saturated carbocycles. The summed E-state index contributed by atoms with van der Waals surface area (Å²) in [6.45, 7) is 1.56. The first-order valence-electron chi connectivity index (χ1n) is 10.7. The van der Waals surface area contributed by atoms with Gasteiger partial charge in [0, 0.05) is 28.3 Å². The number of carbonyl (C=O) groups excluding carboxylic acids is 3. The second-order valence-electron chi connectivity index (χ2n) is 8.09. The predicted molar refractivity (Wildman–Crippen MR) is 136 cm³/mol. The summed E-state index contributed by atoms with van der Waals surface area (Å²) in [5.41, 5.74) is 4.31. The molecule has 0 aliphatic carbocycles.